The summed E-state index contributed by atoms with van der Waals surface area (Å²) in [6.45, 7) is 1.76. The normalized spacial score (nSPS) is 10.4. The minimum absolute atomic E-state index is 0.388. The van der Waals surface area contributed by atoms with Crippen LogP contribution in [0.5, 0.6) is 0 Å². The molecule has 1 heterocycles. The van der Waals surface area contributed by atoms with Gasteiger partial charge in [0.2, 0.25) is 0 Å². The van der Waals surface area contributed by atoms with Gasteiger partial charge in [-0.1, -0.05) is 23.2 Å². The second-order valence-electron chi connectivity index (χ2n) is 3.55. The number of thiazole rings is 1. The van der Waals surface area contributed by atoms with Crippen molar-refractivity contribution >= 4 is 40.5 Å². The molecule has 94 valence electrons. The number of esters is 1. The molecule has 0 radical (unpaired) electrons. The third-order valence-electron chi connectivity index (χ3n) is 2.33. The number of aromatic nitrogens is 1. The molecule has 1 aromatic carbocycles. The Kier molecular flexibility index (Phi) is 3.90. The van der Waals surface area contributed by atoms with Crippen molar-refractivity contribution in [1.29, 1.82) is 0 Å². The second kappa shape index (κ2) is 5.26. The summed E-state index contributed by atoms with van der Waals surface area (Å²) in [6.07, 6.45) is 0. The minimum atomic E-state index is -0.388. The highest BCUT2D eigenvalue weighted by Gasteiger charge is 2.17. The topological polar surface area (TPSA) is 39.2 Å². The highest BCUT2D eigenvalue weighted by molar-refractivity contribution is 7.17. The van der Waals surface area contributed by atoms with Gasteiger partial charge in [0.15, 0.2) is 0 Å². The molecule has 0 bridgehead atoms. The SMILES string of the molecule is COC(=O)c1sc(-c2ccc(Cl)cc2Cl)nc1C. The van der Waals surface area contributed by atoms with Crippen LogP contribution in [0.3, 0.4) is 0 Å². The molecular weight excluding hydrogens is 293 g/mol. The molecule has 0 amide bonds. The first-order chi connectivity index (χ1) is 8.52. The van der Waals surface area contributed by atoms with Crippen molar-refractivity contribution in [2.24, 2.45) is 0 Å². The maximum atomic E-state index is 11.5. The Bertz CT molecular complexity index is 610. The van der Waals surface area contributed by atoms with Gasteiger partial charge in [0.05, 0.1) is 17.8 Å². The van der Waals surface area contributed by atoms with Crippen LogP contribution in [-0.2, 0) is 4.74 Å². The Balaban J connectivity index is 2.49. The van der Waals surface area contributed by atoms with Crippen molar-refractivity contribution in [3.63, 3.8) is 0 Å². The molecular formula is C12H9Cl2NO2S. The number of halogens is 2. The van der Waals surface area contributed by atoms with Gasteiger partial charge >= 0.3 is 5.97 Å². The Hall–Kier alpha value is -1.10. The van der Waals surface area contributed by atoms with Crippen molar-refractivity contribution in [3.05, 3.63) is 38.8 Å². The predicted octanol–water partition coefficient (Wildman–Crippen LogP) is 4.21. The lowest BCUT2D eigenvalue weighted by Crippen LogP contribution is -1.99. The minimum Gasteiger partial charge on any atom is -0.465 e. The van der Waals surface area contributed by atoms with Gasteiger partial charge in [-0.05, 0) is 25.1 Å². The average Bonchev–Trinajstić information content (AvgIpc) is 2.70. The Labute approximate surface area is 118 Å². The highest BCUT2D eigenvalue weighted by Crippen LogP contribution is 2.34. The first-order valence-corrected chi connectivity index (χ1v) is 6.61. The van der Waals surface area contributed by atoms with E-state index in [-0.39, 0.29) is 5.97 Å². The smallest absolute Gasteiger partial charge is 0.349 e. The third kappa shape index (κ3) is 2.51. The van der Waals surface area contributed by atoms with Crippen LogP contribution in [0.4, 0.5) is 0 Å². The molecule has 0 fully saturated rings. The molecule has 0 N–H and O–H groups in total. The van der Waals surface area contributed by atoms with E-state index in [4.69, 9.17) is 27.9 Å². The summed E-state index contributed by atoms with van der Waals surface area (Å²) in [5, 5.41) is 1.74. The second-order valence-corrected chi connectivity index (χ2v) is 5.39. The Morgan fingerprint density at radius 3 is 2.72 bits per heavy atom. The van der Waals surface area contributed by atoms with Crippen LogP contribution in [0.2, 0.25) is 10.0 Å². The standard InChI is InChI=1S/C12H9Cl2NO2S/c1-6-10(12(16)17-2)18-11(15-6)8-4-3-7(13)5-9(8)14/h3-5H,1-2H3. The molecule has 0 aliphatic carbocycles. The first-order valence-electron chi connectivity index (χ1n) is 5.04. The molecule has 3 nitrogen and oxygen atoms in total. The van der Waals surface area contributed by atoms with Crippen LogP contribution in [-0.4, -0.2) is 18.1 Å². The zero-order valence-corrected chi connectivity index (χ0v) is 12.0. The van der Waals surface area contributed by atoms with Gasteiger partial charge in [-0.3, -0.25) is 0 Å². The van der Waals surface area contributed by atoms with Crippen LogP contribution in [0.15, 0.2) is 18.2 Å². The van der Waals surface area contributed by atoms with Crippen LogP contribution in [0.1, 0.15) is 15.4 Å². The number of carbonyl (C=O) groups is 1. The summed E-state index contributed by atoms with van der Waals surface area (Å²) in [4.78, 5) is 16.3. The summed E-state index contributed by atoms with van der Waals surface area (Å²) in [5.41, 5.74) is 1.39. The summed E-state index contributed by atoms with van der Waals surface area (Å²) in [6, 6.07) is 5.16. The number of hydrogen-bond donors (Lipinski definition) is 0. The van der Waals surface area contributed by atoms with Crippen molar-refractivity contribution in [2.45, 2.75) is 6.92 Å². The van der Waals surface area contributed by atoms with Gasteiger partial charge in [-0.15, -0.1) is 11.3 Å². The largest absolute Gasteiger partial charge is 0.465 e. The van der Waals surface area contributed by atoms with Crippen molar-refractivity contribution in [2.75, 3.05) is 7.11 Å². The van der Waals surface area contributed by atoms with Crippen molar-refractivity contribution in [1.82, 2.24) is 4.98 Å². The molecule has 6 heteroatoms. The fourth-order valence-corrected chi connectivity index (χ4v) is 3.03. The number of benzene rings is 1. The summed E-state index contributed by atoms with van der Waals surface area (Å²) < 4.78 is 4.69. The molecule has 0 aliphatic heterocycles. The lowest BCUT2D eigenvalue weighted by atomic mass is 10.2. The Morgan fingerprint density at radius 1 is 1.39 bits per heavy atom. The molecule has 0 atom stereocenters. The van der Waals surface area contributed by atoms with Gasteiger partial charge in [0.25, 0.3) is 0 Å². The molecule has 0 aliphatic rings. The quantitative estimate of drug-likeness (QED) is 0.780. The van der Waals surface area contributed by atoms with Crippen LogP contribution in [0, 0.1) is 6.92 Å². The van der Waals surface area contributed by atoms with Gasteiger partial charge in [-0.2, -0.15) is 0 Å². The fourth-order valence-electron chi connectivity index (χ4n) is 1.46. The monoisotopic (exact) mass is 301 g/mol. The van der Waals surface area contributed by atoms with E-state index < -0.39 is 0 Å². The molecule has 0 spiro atoms. The molecule has 0 saturated carbocycles. The maximum absolute atomic E-state index is 11.5. The lowest BCUT2D eigenvalue weighted by Gasteiger charge is -2.00. The predicted molar refractivity (Wildman–Crippen MR) is 73.6 cm³/mol. The number of carbonyl (C=O) groups excluding carboxylic acids is 1. The van der Waals surface area contributed by atoms with E-state index in [1.165, 1.54) is 18.4 Å². The van der Waals surface area contributed by atoms with Gasteiger partial charge in [0, 0.05) is 10.6 Å². The molecule has 18 heavy (non-hydrogen) atoms. The van der Waals surface area contributed by atoms with Gasteiger partial charge in [-0.25, -0.2) is 9.78 Å². The average molecular weight is 302 g/mol. The van der Waals surface area contributed by atoms with Crippen LogP contribution in [0.25, 0.3) is 10.6 Å². The molecule has 2 rings (SSSR count). The van der Waals surface area contributed by atoms with E-state index in [9.17, 15) is 4.79 Å². The number of rotatable bonds is 2. The lowest BCUT2D eigenvalue weighted by molar-refractivity contribution is 0.0605. The van der Waals surface area contributed by atoms with Crippen LogP contribution < -0.4 is 0 Å². The Morgan fingerprint density at radius 2 is 2.11 bits per heavy atom. The van der Waals surface area contributed by atoms with E-state index in [0.29, 0.717) is 25.6 Å². The van der Waals surface area contributed by atoms with E-state index in [1.54, 1.807) is 25.1 Å². The highest BCUT2D eigenvalue weighted by atomic mass is 35.5. The molecule has 2 aromatic rings. The maximum Gasteiger partial charge on any atom is 0.349 e. The number of methoxy groups -OCH3 is 1. The van der Waals surface area contributed by atoms with E-state index in [2.05, 4.69) is 4.98 Å². The number of hydrogen-bond acceptors (Lipinski definition) is 4. The van der Waals surface area contributed by atoms with Gasteiger partial charge < -0.3 is 4.74 Å². The first kappa shape index (κ1) is 13.3. The van der Waals surface area contributed by atoms with E-state index >= 15 is 0 Å². The van der Waals surface area contributed by atoms with Crippen molar-refractivity contribution < 1.29 is 9.53 Å². The number of aryl methyl sites for hydroxylation is 1. The van der Waals surface area contributed by atoms with E-state index in [0.717, 1.165) is 5.56 Å². The molecule has 0 unspecified atom stereocenters. The van der Waals surface area contributed by atoms with Crippen molar-refractivity contribution in [3.8, 4) is 10.6 Å². The van der Waals surface area contributed by atoms with Gasteiger partial charge in [0.1, 0.15) is 9.88 Å². The van der Waals surface area contributed by atoms with E-state index in [1.807, 2.05) is 0 Å². The molecule has 1 aromatic heterocycles. The summed E-state index contributed by atoms with van der Waals surface area (Å²) in [7, 11) is 1.34. The fraction of sp³-hybridized carbons (Fsp3) is 0.167. The summed E-state index contributed by atoms with van der Waals surface area (Å²) >= 11 is 13.2. The molecule has 0 saturated heterocycles. The number of ether oxygens (including phenoxy) is 1. The third-order valence-corrected chi connectivity index (χ3v) is 4.05. The van der Waals surface area contributed by atoms with Crippen LogP contribution >= 0.6 is 34.5 Å². The summed E-state index contributed by atoms with van der Waals surface area (Å²) in [5.74, 6) is -0.388. The zero-order valence-electron chi connectivity index (χ0n) is 9.66. The number of nitrogens with zero attached hydrogens (tertiary/aromatic N) is 1. The zero-order chi connectivity index (χ0) is 13.3.